The van der Waals surface area contributed by atoms with E-state index in [1.165, 1.54) is 18.3 Å². The summed E-state index contributed by atoms with van der Waals surface area (Å²) in [6.07, 6.45) is 1.19. The summed E-state index contributed by atoms with van der Waals surface area (Å²) in [7, 11) is 0. The van der Waals surface area contributed by atoms with Crippen LogP contribution in [0.2, 0.25) is 0 Å². The van der Waals surface area contributed by atoms with E-state index in [9.17, 15) is 24.6 Å². The number of carbonyl (C=O) groups excluding carboxylic acids is 1. The van der Waals surface area contributed by atoms with E-state index in [0.717, 1.165) is 10.6 Å². The number of ether oxygens (including phenoxy) is 1. The highest BCUT2D eigenvalue weighted by molar-refractivity contribution is 5.95. The van der Waals surface area contributed by atoms with Gasteiger partial charge in [0.25, 0.3) is 11.5 Å². The van der Waals surface area contributed by atoms with Gasteiger partial charge in [0.05, 0.1) is 25.9 Å². The largest absolute Gasteiger partial charge is 0.393 e. The Labute approximate surface area is 136 Å². The molecule has 126 valence electrons. The van der Waals surface area contributed by atoms with Crippen LogP contribution >= 0.6 is 0 Å². The van der Waals surface area contributed by atoms with Gasteiger partial charge in [-0.05, 0) is 12.1 Å². The third-order valence-corrected chi connectivity index (χ3v) is 4.09. The molecule has 24 heavy (non-hydrogen) atoms. The first-order valence-electron chi connectivity index (χ1n) is 7.33. The highest BCUT2D eigenvalue weighted by Gasteiger charge is 2.44. The van der Waals surface area contributed by atoms with Crippen molar-refractivity contribution in [1.29, 1.82) is 0 Å². The predicted molar refractivity (Wildman–Crippen MR) is 83.0 cm³/mol. The van der Waals surface area contributed by atoms with Gasteiger partial charge >= 0.3 is 5.69 Å². The van der Waals surface area contributed by atoms with Crippen LogP contribution in [-0.4, -0.2) is 50.7 Å². The maximum atomic E-state index is 12.7. The number of aromatic nitrogens is 2. The zero-order valence-electron chi connectivity index (χ0n) is 12.7. The topological polar surface area (TPSA) is 111 Å². The summed E-state index contributed by atoms with van der Waals surface area (Å²) in [5.41, 5.74) is -3.12. The molecule has 2 aromatic rings. The van der Waals surface area contributed by atoms with Crippen LogP contribution < -0.4 is 11.2 Å². The lowest BCUT2D eigenvalue weighted by Crippen LogP contribution is -2.50. The second-order valence-electron chi connectivity index (χ2n) is 5.64. The molecule has 0 unspecified atom stereocenters. The SMILES string of the molecule is O=C(c1ccccc1)n1c(=O)ccn([C@H]2COC[C@@]2(O)CO)c1=O. The fraction of sp³-hybridized carbons (Fsp3) is 0.312. The van der Waals surface area contributed by atoms with Gasteiger partial charge in [0.1, 0.15) is 5.60 Å². The lowest BCUT2D eigenvalue weighted by atomic mass is 9.99. The quantitative estimate of drug-likeness (QED) is 0.745. The Balaban J connectivity index is 2.12. The van der Waals surface area contributed by atoms with Gasteiger partial charge in [-0.3, -0.25) is 14.2 Å². The Morgan fingerprint density at radius 3 is 2.62 bits per heavy atom. The van der Waals surface area contributed by atoms with Crippen molar-refractivity contribution < 1.29 is 19.7 Å². The standard InChI is InChI=1S/C16H16N2O6/c19-9-16(23)10-24-8-12(16)17-7-6-13(20)18(15(17)22)14(21)11-4-2-1-3-5-11/h1-7,12,19,23H,8-10H2/t12-,16-/m0/s1. The summed E-state index contributed by atoms with van der Waals surface area (Å²) < 4.78 is 6.70. The fourth-order valence-electron chi connectivity index (χ4n) is 2.71. The van der Waals surface area contributed by atoms with Gasteiger partial charge in [0.2, 0.25) is 0 Å². The van der Waals surface area contributed by atoms with Crippen LogP contribution in [0.5, 0.6) is 0 Å². The van der Waals surface area contributed by atoms with E-state index in [1.807, 2.05) is 0 Å². The first-order valence-corrected chi connectivity index (χ1v) is 7.33. The van der Waals surface area contributed by atoms with Crippen molar-refractivity contribution in [2.24, 2.45) is 0 Å². The molecule has 1 aliphatic heterocycles. The minimum Gasteiger partial charge on any atom is -0.393 e. The van der Waals surface area contributed by atoms with Crippen LogP contribution in [0, 0.1) is 0 Å². The summed E-state index contributed by atoms with van der Waals surface area (Å²) in [5, 5.41) is 19.7. The van der Waals surface area contributed by atoms with Crippen LogP contribution in [0.1, 0.15) is 16.4 Å². The van der Waals surface area contributed by atoms with Gasteiger partial charge in [-0.1, -0.05) is 18.2 Å². The molecule has 0 saturated carbocycles. The van der Waals surface area contributed by atoms with Gasteiger partial charge in [-0.25, -0.2) is 4.79 Å². The highest BCUT2D eigenvalue weighted by Crippen LogP contribution is 2.28. The number of hydrogen-bond donors (Lipinski definition) is 2. The molecule has 1 fully saturated rings. The third kappa shape index (κ3) is 2.60. The van der Waals surface area contributed by atoms with Crippen molar-refractivity contribution in [1.82, 2.24) is 9.13 Å². The Morgan fingerprint density at radius 2 is 1.96 bits per heavy atom. The molecular formula is C16H16N2O6. The fourth-order valence-corrected chi connectivity index (χ4v) is 2.71. The minimum atomic E-state index is -1.65. The average molecular weight is 332 g/mol. The van der Waals surface area contributed by atoms with E-state index >= 15 is 0 Å². The highest BCUT2D eigenvalue weighted by atomic mass is 16.5. The summed E-state index contributed by atoms with van der Waals surface area (Å²) in [6, 6.07) is 8.11. The van der Waals surface area contributed by atoms with E-state index in [2.05, 4.69) is 0 Å². The maximum absolute atomic E-state index is 12.7. The molecule has 0 bridgehead atoms. The first kappa shape index (κ1) is 16.3. The van der Waals surface area contributed by atoms with Crippen molar-refractivity contribution in [3.8, 4) is 0 Å². The second kappa shape index (κ2) is 6.16. The molecule has 2 N–H and O–H groups in total. The molecular weight excluding hydrogens is 316 g/mol. The van der Waals surface area contributed by atoms with E-state index in [0.29, 0.717) is 4.57 Å². The second-order valence-corrected chi connectivity index (χ2v) is 5.64. The molecule has 1 aromatic carbocycles. The van der Waals surface area contributed by atoms with E-state index < -0.39 is 35.4 Å². The Morgan fingerprint density at radius 1 is 1.25 bits per heavy atom. The smallest absolute Gasteiger partial charge is 0.338 e. The lowest BCUT2D eigenvalue weighted by Gasteiger charge is -2.27. The molecule has 8 heteroatoms. The van der Waals surface area contributed by atoms with Gasteiger partial charge < -0.3 is 14.9 Å². The predicted octanol–water partition coefficient (Wildman–Crippen LogP) is -1.01. The van der Waals surface area contributed by atoms with Crippen molar-refractivity contribution in [2.75, 3.05) is 19.8 Å². The summed E-state index contributed by atoms with van der Waals surface area (Å²) in [4.78, 5) is 37.2. The van der Waals surface area contributed by atoms with Crippen LogP contribution in [-0.2, 0) is 4.74 Å². The number of rotatable bonds is 3. The Hall–Kier alpha value is -2.55. The Kier molecular flexibility index (Phi) is 4.18. The molecule has 8 nitrogen and oxygen atoms in total. The van der Waals surface area contributed by atoms with Crippen molar-refractivity contribution in [3.63, 3.8) is 0 Å². The molecule has 1 aromatic heterocycles. The molecule has 0 amide bonds. The molecule has 0 radical (unpaired) electrons. The molecule has 3 rings (SSSR count). The van der Waals surface area contributed by atoms with Gasteiger partial charge in [-0.2, -0.15) is 4.57 Å². The van der Waals surface area contributed by atoms with Crippen LogP contribution in [0.3, 0.4) is 0 Å². The van der Waals surface area contributed by atoms with Crippen molar-refractivity contribution in [3.05, 3.63) is 69.0 Å². The van der Waals surface area contributed by atoms with Gasteiger partial charge in [0, 0.05) is 17.8 Å². The third-order valence-electron chi connectivity index (χ3n) is 4.09. The average Bonchev–Trinajstić information content (AvgIpc) is 2.98. The molecule has 1 aliphatic rings. The lowest BCUT2D eigenvalue weighted by molar-refractivity contribution is -0.0416. The van der Waals surface area contributed by atoms with Crippen LogP contribution in [0.4, 0.5) is 0 Å². The normalized spacial score (nSPS) is 23.3. The monoisotopic (exact) mass is 332 g/mol. The molecule has 0 aliphatic carbocycles. The first-order chi connectivity index (χ1) is 11.5. The van der Waals surface area contributed by atoms with Crippen molar-refractivity contribution in [2.45, 2.75) is 11.6 Å². The summed E-state index contributed by atoms with van der Waals surface area (Å²) >= 11 is 0. The van der Waals surface area contributed by atoms with E-state index in [4.69, 9.17) is 4.74 Å². The van der Waals surface area contributed by atoms with E-state index in [-0.39, 0.29) is 18.8 Å². The van der Waals surface area contributed by atoms with E-state index in [1.54, 1.807) is 18.2 Å². The maximum Gasteiger partial charge on any atom is 0.338 e. The summed E-state index contributed by atoms with van der Waals surface area (Å²) in [5.74, 6) is -0.758. The van der Waals surface area contributed by atoms with Crippen molar-refractivity contribution >= 4 is 5.91 Å². The number of benzene rings is 1. The number of nitrogens with zero attached hydrogens (tertiary/aromatic N) is 2. The molecule has 2 heterocycles. The van der Waals surface area contributed by atoms with Gasteiger partial charge in [-0.15, -0.1) is 0 Å². The van der Waals surface area contributed by atoms with Crippen LogP contribution in [0.15, 0.2) is 52.2 Å². The number of aliphatic hydroxyl groups excluding tert-OH is 1. The minimum absolute atomic E-state index is 0.0191. The van der Waals surface area contributed by atoms with Gasteiger partial charge in [0.15, 0.2) is 0 Å². The summed E-state index contributed by atoms with van der Waals surface area (Å²) in [6.45, 7) is -0.781. The number of hydrogen-bond acceptors (Lipinski definition) is 6. The molecule has 0 spiro atoms. The Bertz CT molecular complexity index is 872. The molecule has 2 atom stereocenters. The zero-order chi connectivity index (χ0) is 17.3. The van der Waals surface area contributed by atoms with Crippen LogP contribution in [0.25, 0.3) is 0 Å². The zero-order valence-corrected chi connectivity index (χ0v) is 12.7. The molecule has 1 saturated heterocycles. The number of carbonyl (C=O) groups is 1. The number of aliphatic hydroxyl groups is 2.